The molecule has 2 aromatic heterocycles. The summed E-state index contributed by atoms with van der Waals surface area (Å²) < 4.78 is 5.14. The zero-order valence-corrected chi connectivity index (χ0v) is 10.3. The van der Waals surface area contributed by atoms with Crippen LogP contribution in [0, 0.1) is 17.0 Å². The highest BCUT2D eigenvalue weighted by atomic mass is 16.7. The maximum Gasteiger partial charge on any atom is 0.271 e. The van der Waals surface area contributed by atoms with Gasteiger partial charge in [-0.1, -0.05) is 4.85 Å². The predicted octanol–water partition coefficient (Wildman–Crippen LogP) is 0.660. The number of nitrogens with zero attached hydrogens (tertiary/aromatic N) is 6. The lowest BCUT2D eigenvalue weighted by Crippen LogP contribution is -2.13. The summed E-state index contributed by atoms with van der Waals surface area (Å²) in [5.74, 6) is 0.694. The minimum Gasteiger partial charge on any atom is -0.422 e. The molecule has 0 unspecified atom stereocenters. The summed E-state index contributed by atoms with van der Waals surface area (Å²) in [6.45, 7) is 1.65. The summed E-state index contributed by atoms with van der Waals surface area (Å²) in [4.78, 5) is 16.6. The molecule has 0 saturated carbocycles. The van der Waals surface area contributed by atoms with Crippen LogP contribution in [0.15, 0.2) is 22.6 Å². The van der Waals surface area contributed by atoms with Crippen molar-refractivity contribution < 1.29 is 14.2 Å². The number of benzene rings is 1. The van der Waals surface area contributed by atoms with Gasteiger partial charge in [0.05, 0.1) is 4.92 Å². The first-order chi connectivity index (χ1) is 9.63. The van der Waals surface area contributed by atoms with Crippen molar-refractivity contribution in [2.24, 2.45) is 0 Å². The van der Waals surface area contributed by atoms with Gasteiger partial charge in [-0.15, -0.1) is 15.3 Å². The van der Waals surface area contributed by atoms with Gasteiger partial charge in [-0.05, 0) is 11.3 Å². The highest BCUT2D eigenvalue weighted by Gasteiger charge is 2.13. The Morgan fingerprint density at radius 1 is 1.40 bits per heavy atom. The van der Waals surface area contributed by atoms with Gasteiger partial charge in [0, 0.05) is 19.1 Å². The molecule has 0 atom stereocenters. The van der Waals surface area contributed by atoms with E-state index in [0.717, 1.165) is 4.85 Å². The van der Waals surface area contributed by atoms with Crippen LogP contribution in [0.25, 0.3) is 11.0 Å². The van der Waals surface area contributed by atoms with Crippen molar-refractivity contribution in [3.05, 3.63) is 40.1 Å². The molecule has 0 saturated heterocycles. The van der Waals surface area contributed by atoms with Gasteiger partial charge in [0.2, 0.25) is 5.89 Å². The summed E-state index contributed by atoms with van der Waals surface area (Å²) in [7, 11) is 0. The van der Waals surface area contributed by atoms with Gasteiger partial charge in [0.25, 0.3) is 11.6 Å². The normalized spacial score (nSPS) is 10.8. The molecule has 0 amide bonds. The standard InChI is InChI=1S/C10H8N6O4/c1-6-11-13-10(20-6)5-19-15-9-4-7(16(17)18)2-3-8(9)12-14-15/h2-4H,5H2,1H3. The number of fused-ring (bicyclic) bond motifs is 1. The highest BCUT2D eigenvalue weighted by molar-refractivity contribution is 5.76. The largest absolute Gasteiger partial charge is 0.422 e. The SMILES string of the molecule is Cc1nnc(COn2nnc3ccc([N+](=O)[O-])cc32)o1. The van der Waals surface area contributed by atoms with Crippen LogP contribution in [0.2, 0.25) is 0 Å². The van der Waals surface area contributed by atoms with E-state index in [1.54, 1.807) is 6.92 Å². The lowest BCUT2D eigenvalue weighted by Gasteiger charge is -2.01. The van der Waals surface area contributed by atoms with Gasteiger partial charge in [-0.2, -0.15) is 0 Å². The van der Waals surface area contributed by atoms with Crippen molar-refractivity contribution in [3.8, 4) is 0 Å². The maximum absolute atomic E-state index is 10.7. The maximum atomic E-state index is 10.7. The molecule has 0 aliphatic heterocycles. The first kappa shape index (κ1) is 12.0. The number of nitro benzene ring substituents is 1. The Balaban J connectivity index is 1.87. The molecule has 0 aliphatic rings. The van der Waals surface area contributed by atoms with E-state index in [4.69, 9.17) is 9.25 Å². The number of rotatable bonds is 4. The second-order valence-corrected chi connectivity index (χ2v) is 3.88. The van der Waals surface area contributed by atoms with Crippen LogP contribution in [0.5, 0.6) is 0 Å². The average Bonchev–Trinajstić information content (AvgIpc) is 3.02. The third-order valence-corrected chi connectivity index (χ3v) is 2.49. The molecule has 0 fully saturated rings. The lowest BCUT2D eigenvalue weighted by molar-refractivity contribution is -0.384. The summed E-state index contributed by atoms with van der Waals surface area (Å²) in [6.07, 6.45) is 0. The Morgan fingerprint density at radius 2 is 2.25 bits per heavy atom. The summed E-state index contributed by atoms with van der Waals surface area (Å²) in [6, 6.07) is 4.17. The molecule has 2 heterocycles. The molecule has 0 spiro atoms. The number of aryl methyl sites for hydroxylation is 1. The second-order valence-electron chi connectivity index (χ2n) is 3.88. The first-order valence-corrected chi connectivity index (χ1v) is 5.55. The van der Waals surface area contributed by atoms with E-state index in [1.807, 2.05) is 0 Å². The van der Waals surface area contributed by atoms with Gasteiger partial charge >= 0.3 is 0 Å². The predicted molar refractivity (Wildman–Crippen MR) is 63.5 cm³/mol. The molecule has 0 aliphatic carbocycles. The van der Waals surface area contributed by atoms with E-state index in [1.165, 1.54) is 18.2 Å². The third kappa shape index (κ3) is 2.13. The van der Waals surface area contributed by atoms with E-state index in [2.05, 4.69) is 20.5 Å². The monoisotopic (exact) mass is 276 g/mol. The fourth-order valence-corrected chi connectivity index (χ4v) is 1.61. The summed E-state index contributed by atoms with van der Waals surface area (Å²) in [5.41, 5.74) is 0.797. The van der Waals surface area contributed by atoms with Crippen molar-refractivity contribution in [1.29, 1.82) is 0 Å². The van der Waals surface area contributed by atoms with Crippen molar-refractivity contribution in [3.63, 3.8) is 0 Å². The van der Waals surface area contributed by atoms with Crippen LogP contribution in [0.1, 0.15) is 11.8 Å². The molecule has 3 aromatic rings. The molecule has 3 rings (SSSR count). The van der Waals surface area contributed by atoms with Crippen molar-refractivity contribution in [2.45, 2.75) is 13.5 Å². The topological polar surface area (TPSA) is 122 Å². The molecule has 1 aromatic carbocycles. The van der Waals surface area contributed by atoms with E-state index < -0.39 is 4.92 Å². The third-order valence-electron chi connectivity index (χ3n) is 2.49. The molecular formula is C10H8N6O4. The lowest BCUT2D eigenvalue weighted by atomic mass is 10.3. The van der Waals surface area contributed by atoms with Crippen LogP contribution in [-0.2, 0) is 6.61 Å². The van der Waals surface area contributed by atoms with Gasteiger partial charge in [-0.25, -0.2) is 0 Å². The molecular weight excluding hydrogens is 268 g/mol. The zero-order chi connectivity index (χ0) is 14.1. The Bertz CT molecular complexity index is 779. The molecule has 102 valence electrons. The van der Waals surface area contributed by atoms with Crippen molar-refractivity contribution >= 4 is 16.7 Å². The van der Waals surface area contributed by atoms with Crippen LogP contribution >= 0.6 is 0 Å². The Hall–Kier alpha value is -3.04. The van der Waals surface area contributed by atoms with E-state index in [0.29, 0.717) is 16.9 Å². The molecule has 10 heteroatoms. The highest BCUT2D eigenvalue weighted by Crippen LogP contribution is 2.18. The number of hydrogen-bond donors (Lipinski definition) is 0. The Labute approximate surface area is 111 Å². The van der Waals surface area contributed by atoms with Crippen molar-refractivity contribution in [2.75, 3.05) is 0 Å². The van der Waals surface area contributed by atoms with E-state index in [9.17, 15) is 10.1 Å². The van der Waals surface area contributed by atoms with E-state index >= 15 is 0 Å². The second kappa shape index (κ2) is 4.57. The smallest absolute Gasteiger partial charge is 0.271 e. The molecule has 0 bridgehead atoms. The van der Waals surface area contributed by atoms with Crippen LogP contribution in [0.4, 0.5) is 5.69 Å². The quantitative estimate of drug-likeness (QED) is 0.503. The number of aromatic nitrogens is 5. The Morgan fingerprint density at radius 3 is 2.95 bits per heavy atom. The van der Waals surface area contributed by atoms with Gasteiger partial charge in [0.15, 0.2) is 6.61 Å². The Kier molecular flexibility index (Phi) is 2.75. The summed E-state index contributed by atoms with van der Waals surface area (Å²) in [5, 5.41) is 25.7. The van der Waals surface area contributed by atoms with Crippen LogP contribution in [-0.4, -0.2) is 30.3 Å². The van der Waals surface area contributed by atoms with Crippen LogP contribution in [0.3, 0.4) is 0 Å². The number of hydrogen-bond acceptors (Lipinski definition) is 8. The molecule has 0 radical (unpaired) electrons. The fraction of sp³-hybridized carbons (Fsp3) is 0.200. The van der Waals surface area contributed by atoms with Crippen LogP contribution < -0.4 is 4.84 Å². The molecule has 10 nitrogen and oxygen atoms in total. The number of non-ortho nitro benzene ring substituents is 1. The van der Waals surface area contributed by atoms with Crippen molar-refractivity contribution in [1.82, 2.24) is 25.4 Å². The van der Waals surface area contributed by atoms with Gasteiger partial charge in [-0.3, -0.25) is 10.1 Å². The minimum absolute atomic E-state index is 0.0119. The molecule has 20 heavy (non-hydrogen) atoms. The van der Waals surface area contributed by atoms with E-state index in [-0.39, 0.29) is 18.2 Å². The van der Waals surface area contributed by atoms with Gasteiger partial charge < -0.3 is 9.25 Å². The zero-order valence-electron chi connectivity index (χ0n) is 10.3. The molecule has 0 N–H and O–H groups in total. The number of nitro groups is 1. The van der Waals surface area contributed by atoms with Gasteiger partial charge in [0.1, 0.15) is 11.0 Å². The average molecular weight is 276 g/mol. The minimum atomic E-state index is -0.502. The summed E-state index contributed by atoms with van der Waals surface area (Å²) >= 11 is 0. The fourth-order valence-electron chi connectivity index (χ4n) is 1.61. The first-order valence-electron chi connectivity index (χ1n) is 5.55.